The van der Waals surface area contributed by atoms with Crippen molar-refractivity contribution in [3.63, 3.8) is 0 Å². The molecule has 0 heterocycles. The van der Waals surface area contributed by atoms with Crippen molar-refractivity contribution < 1.29 is 28.6 Å². The largest absolute Gasteiger partial charge is 0.462 e. The van der Waals surface area contributed by atoms with Gasteiger partial charge in [-0.25, -0.2) is 0 Å². The van der Waals surface area contributed by atoms with Crippen LogP contribution >= 0.6 is 0 Å². The van der Waals surface area contributed by atoms with Crippen LogP contribution in [0.3, 0.4) is 0 Å². The van der Waals surface area contributed by atoms with Crippen LogP contribution in [0.25, 0.3) is 0 Å². The summed E-state index contributed by atoms with van der Waals surface area (Å²) in [5.41, 5.74) is 0. The van der Waals surface area contributed by atoms with Gasteiger partial charge >= 0.3 is 17.9 Å². The Labute approximate surface area is 339 Å². The fourth-order valence-corrected chi connectivity index (χ4v) is 6.34. The van der Waals surface area contributed by atoms with E-state index in [1.807, 2.05) is 0 Å². The molecule has 0 radical (unpaired) electrons. The standard InChI is InChI=1S/C49H86O6/c1-4-7-10-13-16-19-22-24-27-30-33-36-39-42-48(51)54-45-46(44-53-47(50)41-38-35-32-29-26-21-18-15-12-9-6-3)55-49(52)43-40-37-34-31-28-25-23-20-17-14-11-8-5-2/h9,12,18,21,24,27,29,32,46H,4-8,10-11,13-17,19-20,22-23,25-26,28,30-31,33-45H2,1-3H3/b12-9-,21-18-,27-24-,32-29-. The highest BCUT2D eigenvalue weighted by atomic mass is 16.6. The van der Waals surface area contributed by atoms with Crippen molar-refractivity contribution >= 4 is 17.9 Å². The Morgan fingerprint density at radius 3 is 1.22 bits per heavy atom. The van der Waals surface area contributed by atoms with Crippen LogP contribution in [0.1, 0.15) is 226 Å². The van der Waals surface area contributed by atoms with Crippen molar-refractivity contribution in [2.45, 2.75) is 232 Å². The number of carbonyl (C=O) groups is 3. The molecule has 0 N–H and O–H groups in total. The highest BCUT2D eigenvalue weighted by Gasteiger charge is 2.19. The molecule has 1 atom stereocenters. The second-order valence-electron chi connectivity index (χ2n) is 15.3. The summed E-state index contributed by atoms with van der Waals surface area (Å²) in [6, 6.07) is 0. The van der Waals surface area contributed by atoms with E-state index in [-0.39, 0.29) is 37.5 Å². The van der Waals surface area contributed by atoms with Crippen LogP contribution in [0.4, 0.5) is 0 Å². The number of hydrogen-bond donors (Lipinski definition) is 0. The molecule has 0 aliphatic heterocycles. The molecule has 0 fully saturated rings. The van der Waals surface area contributed by atoms with E-state index in [9.17, 15) is 14.4 Å². The predicted octanol–water partition coefficient (Wildman–Crippen LogP) is 14.8. The number of allylic oxidation sites excluding steroid dienone is 8. The Kier molecular flexibility index (Phi) is 42.0. The van der Waals surface area contributed by atoms with Crippen LogP contribution in [0, 0.1) is 0 Å². The van der Waals surface area contributed by atoms with E-state index in [1.165, 1.54) is 103 Å². The number of unbranched alkanes of at least 4 members (excludes halogenated alkanes) is 22. The smallest absolute Gasteiger partial charge is 0.306 e. The minimum Gasteiger partial charge on any atom is -0.462 e. The summed E-state index contributed by atoms with van der Waals surface area (Å²) in [6.45, 7) is 6.44. The monoisotopic (exact) mass is 771 g/mol. The molecule has 0 saturated heterocycles. The maximum atomic E-state index is 12.7. The van der Waals surface area contributed by atoms with Gasteiger partial charge in [0.05, 0.1) is 0 Å². The van der Waals surface area contributed by atoms with Gasteiger partial charge in [-0.2, -0.15) is 0 Å². The lowest BCUT2D eigenvalue weighted by Gasteiger charge is -2.18. The van der Waals surface area contributed by atoms with Gasteiger partial charge in [0.25, 0.3) is 0 Å². The van der Waals surface area contributed by atoms with Crippen molar-refractivity contribution in [2.24, 2.45) is 0 Å². The maximum Gasteiger partial charge on any atom is 0.306 e. The molecule has 0 aromatic carbocycles. The quantitative estimate of drug-likeness (QED) is 0.0267. The summed E-state index contributed by atoms with van der Waals surface area (Å²) in [4.78, 5) is 37.7. The molecular weight excluding hydrogens is 685 g/mol. The number of ether oxygens (including phenoxy) is 3. The molecular formula is C49H86O6. The third kappa shape index (κ3) is 42.4. The number of rotatable bonds is 41. The normalized spacial score (nSPS) is 12.4. The number of hydrogen-bond acceptors (Lipinski definition) is 6. The summed E-state index contributed by atoms with van der Waals surface area (Å²) in [7, 11) is 0. The summed E-state index contributed by atoms with van der Waals surface area (Å²) >= 11 is 0. The SMILES string of the molecule is CC/C=C\C/C=C\C/C=C\CCCC(=O)OCC(COC(=O)CCCCC/C=C\CCCCCCCC)OC(=O)CCCCCCCCCCCCCCC. The summed E-state index contributed by atoms with van der Waals surface area (Å²) < 4.78 is 16.6. The molecule has 55 heavy (non-hydrogen) atoms. The molecule has 6 heteroatoms. The van der Waals surface area contributed by atoms with E-state index in [2.05, 4.69) is 69.4 Å². The first-order valence-corrected chi connectivity index (χ1v) is 23.1. The second kappa shape index (κ2) is 44.1. The van der Waals surface area contributed by atoms with Crippen molar-refractivity contribution in [1.29, 1.82) is 0 Å². The van der Waals surface area contributed by atoms with Crippen LogP contribution in [0.5, 0.6) is 0 Å². The van der Waals surface area contributed by atoms with Gasteiger partial charge in [-0.1, -0.05) is 185 Å². The van der Waals surface area contributed by atoms with E-state index in [1.54, 1.807) is 0 Å². The molecule has 6 nitrogen and oxygen atoms in total. The predicted molar refractivity (Wildman–Crippen MR) is 233 cm³/mol. The lowest BCUT2D eigenvalue weighted by molar-refractivity contribution is -0.167. The molecule has 0 aromatic heterocycles. The van der Waals surface area contributed by atoms with Gasteiger partial charge in [0.1, 0.15) is 13.2 Å². The first kappa shape index (κ1) is 52.4. The lowest BCUT2D eigenvalue weighted by Crippen LogP contribution is -2.30. The van der Waals surface area contributed by atoms with Crippen LogP contribution in [0.15, 0.2) is 48.6 Å². The summed E-state index contributed by atoms with van der Waals surface area (Å²) in [6.07, 6.45) is 51.0. The van der Waals surface area contributed by atoms with E-state index in [4.69, 9.17) is 14.2 Å². The minimum absolute atomic E-state index is 0.0951. The molecule has 0 bridgehead atoms. The molecule has 0 saturated carbocycles. The molecule has 318 valence electrons. The van der Waals surface area contributed by atoms with Crippen molar-refractivity contribution in [3.8, 4) is 0 Å². The van der Waals surface area contributed by atoms with Crippen LogP contribution in [-0.2, 0) is 28.6 Å². The van der Waals surface area contributed by atoms with Gasteiger partial charge in [0.15, 0.2) is 6.10 Å². The van der Waals surface area contributed by atoms with Gasteiger partial charge < -0.3 is 14.2 Å². The third-order valence-corrected chi connectivity index (χ3v) is 9.82. The fraction of sp³-hybridized carbons (Fsp3) is 0.776. The molecule has 0 aromatic rings. The van der Waals surface area contributed by atoms with E-state index >= 15 is 0 Å². The van der Waals surface area contributed by atoms with E-state index < -0.39 is 6.10 Å². The maximum absolute atomic E-state index is 12.7. The molecule has 0 spiro atoms. The average molecular weight is 771 g/mol. The molecule has 0 rings (SSSR count). The summed E-state index contributed by atoms with van der Waals surface area (Å²) in [5.74, 6) is -0.965. The lowest BCUT2D eigenvalue weighted by atomic mass is 10.0. The fourth-order valence-electron chi connectivity index (χ4n) is 6.34. The zero-order chi connectivity index (χ0) is 40.1. The first-order valence-electron chi connectivity index (χ1n) is 23.1. The highest BCUT2D eigenvalue weighted by Crippen LogP contribution is 2.14. The molecule has 1 unspecified atom stereocenters. The zero-order valence-corrected chi connectivity index (χ0v) is 36.2. The number of esters is 3. The zero-order valence-electron chi connectivity index (χ0n) is 36.2. The Morgan fingerprint density at radius 2 is 0.727 bits per heavy atom. The highest BCUT2D eigenvalue weighted by molar-refractivity contribution is 5.71. The minimum atomic E-state index is -0.794. The molecule has 0 aliphatic rings. The summed E-state index contributed by atoms with van der Waals surface area (Å²) in [5, 5.41) is 0. The average Bonchev–Trinajstić information content (AvgIpc) is 3.18. The van der Waals surface area contributed by atoms with E-state index in [0.717, 1.165) is 77.0 Å². The first-order chi connectivity index (χ1) is 27.0. The Balaban J connectivity index is 4.44. The Bertz CT molecular complexity index is 980. The van der Waals surface area contributed by atoms with Crippen molar-refractivity contribution in [2.75, 3.05) is 13.2 Å². The van der Waals surface area contributed by atoms with Gasteiger partial charge in [-0.05, 0) is 70.6 Å². The van der Waals surface area contributed by atoms with Crippen LogP contribution in [0.2, 0.25) is 0 Å². The molecule has 0 amide bonds. The Morgan fingerprint density at radius 1 is 0.382 bits per heavy atom. The van der Waals surface area contributed by atoms with Crippen LogP contribution < -0.4 is 0 Å². The van der Waals surface area contributed by atoms with Gasteiger partial charge in [-0.3, -0.25) is 14.4 Å². The van der Waals surface area contributed by atoms with Gasteiger partial charge in [0.2, 0.25) is 0 Å². The number of carbonyl (C=O) groups excluding carboxylic acids is 3. The van der Waals surface area contributed by atoms with Crippen LogP contribution in [-0.4, -0.2) is 37.2 Å². The topological polar surface area (TPSA) is 78.9 Å². The third-order valence-electron chi connectivity index (χ3n) is 9.82. The van der Waals surface area contributed by atoms with Gasteiger partial charge in [0, 0.05) is 19.3 Å². The molecule has 0 aliphatic carbocycles. The second-order valence-corrected chi connectivity index (χ2v) is 15.3. The van der Waals surface area contributed by atoms with Crippen molar-refractivity contribution in [1.82, 2.24) is 0 Å². The van der Waals surface area contributed by atoms with E-state index in [0.29, 0.717) is 19.3 Å². The van der Waals surface area contributed by atoms with Gasteiger partial charge in [-0.15, -0.1) is 0 Å². The van der Waals surface area contributed by atoms with Crippen molar-refractivity contribution in [3.05, 3.63) is 48.6 Å². The Hall–Kier alpha value is -2.63.